The van der Waals surface area contributed by atoms with Gasteiger partial charge in [-0.3, -0.25) is 4.90 Å². The maximum Gasteiger partial charge on any atom is 0.0309 e. The Labute approximate surface area is 129 Å². The molecule has 1 spiro atoms. The first-order valence-electron chi connectivity index (χ1n) is 8.80. The minimum absolute atomic E-state index is 0.484. The van der Waals surface area contributed by atoms with E-state index in [-0.39, 0.29) is 0 Å². The Bertz CT molecular complexity index is 314. The number of nitrogens with one attached hydrogen (secondary N) is 1. The zero-order valence-corrected chi connectivity index (χ0v) is 14.2. The summed E-state index contributed by atoms with van der Waals surface area (Å²) in [6.45, 7) is 4.94. The highest BCUT2D eigenvalue weighted by atomic mass is 32.2. The van der Waals surface area contributed by atoms with Crippen molar-refractivity contribution in [2.24, 2.45) is 0 Å². The van der Waals surface area contributed by atoms with Gasteiger partial charge in [0.25, 0.3) is 0 Å². The minimum atomic E-state index is 0.484. The summed E-state index contributed by atoms with van der Waals surface area (Å²) in [5, 5.41) is 4.86. The summed E-state index contributed by atoms with van der Waals surface area (Å²) in [6.07, 6.45) is 15.1. The third-order valence-electron chi connectivity index (χ3n) is 6.10. The maximum atomic E-state index is 3.94. The summed E-state index contributed by atoms with van der Waals surface area (Å²) in [4.78, 5) is 2.93. The van der Waals surface area contributed by atoms with Crippen LogP contribution in [-0.4, -0.2) is 47.1 Å². The van der Waals surface area contributed by atoms with Gasteiger partial charge in [0.2, 0.25) is 0 Å². The standard InChI is InChI=1S/C17H32N2S/c1-3-14-12-18-17(9-4-5-10-17)13-19(14)15-7-6-8-16(11-15)20-2/h14-16,18H,3-13H2,1-2H3. The molecular weight excluding hydrogens is 264 g/mol. The van der Waals surface area contributed by atoms with Crippen molar-refractivity contribution >= 4 is 11.8 Å². The molecule has 0 aromatic rings. The van der Waals surface area contributed by atoms with Crippen molar-refractivity contribution in [2.45, 2.75) is 87.6 Å². The van der Waals surface area contributed by atoms with Crippen LogP contribution < -0.4 is 5.32 Å². The van der Waals surface area contributed by atoms with Gasteiger partial charge in [0, 0.05) is 36.0 Å². The Balaban J connectivity index is 1.70. The lowest BCUT2D eigenvalue weighted by Crippen LogP contribution is -2.65. The number of hydrogen-bond donors (Lipinski definition) is 1. The first-order chi connectivity index (χ1) is 9.76. The lowest BCUT2D eigenvalue weighted by molar-refractivity contribution is 0.0276. The van der Waals surface area contributed by atoms with Gasteiger partial charge < -0.3 is 5.32 Å². The molecule has 1 saturated heterocycles. The fraction of sp³-hybridized carbons (Fsp3) is 1.00. The predicted molar refractivity (Wildman–Crippen MR) is 89.5 cm³/mol. The highest BCUT2D eigenvalue weighted by molar-refractivity contribution is 7.99. The molecule has 3 atom stereocenters. The zero-order chi connectivity index (χ0) is 14.0. The van der Waals surface area contributed by atoms with Gasteiger partial charge in [-0.1, -0.05) is 26.2 Å². The van der Waals surface area contributed by atoms with Crippen molar-refractivity contribution in [3.8, 4) is 0 Å². The van der Waals surface area contributed by atoms with Gasteiger partial charge in [-0.15, -0.1) is 0 Å². The second-order valence-electron chi connectivity index (χ2n) is 7.28. The van der Waals surface area contributed by atoms with E-state index in [1.54, 1.807) is 0 Å². The van der Waals surface area contributed by atoms with Crippen molar-refractivity contribution in [1.29, 1.82) is 0 Å². The number of piperazine rings is 1. The summed E-state index contributed by atoms with van der Waals surface area (Å²) in [6, 6.07) is 1.65. The molecule has 3 rings (SSSR count). The minimum Gasteiger partial charge on any atom is -0.308 e. The fourth-order valence-electron chi connectivity index (χ4n) is 4.81. The summed E-state index contributed by atoms with van der Waals surface area (Å²) < 4.78 is 0. The van der Waals surface area contributed by atoms with Crippen molar-refractivity contribution < 1.29 is 0 Å². The molecule has 3 heteroatoms. The molecule has 20 heavy (non-hydrogen) atoms. The highest BCUT2D eigenvalue weighted by Gasteiger charge is 2.43. The Kier molecular flexibility index (Phi) is 4.99. The summed E-state index contributed by atoms with van der Waals surface area (Å²) in [7, 11) is 0. The Morgan fingerprint density at radius 1 is 1.20 bits per heavy atom. The lowest BCUT2D eigenvalue weighted by Gasteiger charge is -2.51. The van der Waals surface area contributed by atoms with Gasteiger partial charge >= 0.3 is 0 Å². The quantitative estimate of drug-likeness (QED) is 0.855. The molecule has 3 unspecified atom stereocenters. The van der Waals surface area contributed by atoms with Crippen LogP contribution in [0.4, 0.5) is 0 Å². The monoisotopic (exact) mass is 296 g/mol. The predicted octanol–water partition coefficient (Wildman–Crippen LogP) is 3.66. The lowest BCUT2D eigenvalue weighted by atomic mass is 9.86. The van der Waals surface area contributed by atoms with Gasteiger partial charge in [-0.05, 0) is 44.8 Å². The van der Waals surface area contributed by atoms with Gasteiger partial charge in [-0.25, -0.2) is 0 Å². The van der Waals surface area contributed by atoms with Crippen LogP contribution in [-0.2, 0) is 0 Å². The van der Waals surface area contributed by atoms with Crippen LogP contribution in [0.5, 0.6) is 0 Å². The molecule has 1 heterocycles. The Morgan fingerprint density at radius 2 is 2.00 bits per heavy atom. The van der Waals surface area contributed by atoms with Gasteiger partial charge in [0.05, 0.1) is 0 Å². The molecule has 1 aliphatic heterocycles. The normalized spacial score (nSPS) is 38.4. The molecule has 0 bridgehead atoms. The molecule has 0 aromatic heterocycles. The molecule has 0 radical (unpaired) electrons. The zero-order valence-electron chi connectivity index (χ0n) is 13.4. The average Bonchev–Trinajstić information content (AvgIpc) is 2.95. The van der Waals surface area contributed by atoms with E-state index in [0.29, 0.717) is 5.54 Å². The summed E-state index contributed by atoms with van der Waals surface area (Å²) in [5.74, 6) is 0. The molecule has 0 amide bonds. The van der Waals surface area contributed by atoms with E-state index < -0.39 is 0 Å². The SMILES string of the molecule is CCC1CNC2(CCCC2)CN1C1CCCC(SC)C1. The van der Waals surface area contributed by atoms with Crippen LogP contribution in [0, 0.1) is 0 Å². The van der Waals surface area contributed by atoms with E-state index in [0.717, 1.165) is 17.3 Å². The number of hydrogen-bond acceptors (Lipinski definition) is 3. The van der Waals surface area contributed by atoms with E-state index in [2.05, 4.69) is 35.2 Å². The second kappa shape index (κ2) is 6.58. The molecule has 116 valence electrons. The largest absolute Gasteiger partial charge is 0.308 e. The van der Waals surface area contributed by atoms with E-state index in [1.165, 1.54) is 70.9 Å². The fourth-order valence-corrected chi connectivity index (χ4v) is 5.63. The maximum absolute atomic E-state index is 3.94. The van der Waals surface area contributed by atoms with E-state index in [4.69, 9.17) is 0 Å². The summed E-state index contributed by atoms with van der Waals surface area (Å²) in [5.41, 5.74) is 0.484. The van der Waals surface area contributed by atoms with Crippen molar-refractivity contribution in [2.75, 3.05) is 19.3 Å². The van der Waals surface area contributed by atoms with Crippen LogP contribution >= 0.6 is 11.8 Å². The molecule has 2 nitrogen and oxygen atoms in total. The molecule has 2 saturated carbocycles. The van der Waals surface area contributed by atoms with Crippen molar-refractivity contribution in [3.05, 3.63) is 0 Å². The highest BCUT2D eigenvalue weighted by Crippen LogP contribution is 2.37. The van der Waals surface area contributed by atoms with Crippen molar-refractivity contribution in [1.82, 2.24) is 10.2 Å². The van der Waals surface area contributed by atoms with Gasteiger partial charge in [0.1, 0.15) is 0 Å². The first-order valence-corrected chi connectivity index (χ1v) is 10.1. The van der Waals surface area contributed by atoms with Crippen LogP contribution in [0.3, 0.4) is 0 Å². The van der Waals surface area contributed by atoms with Crippen LogP contribution in [0.15, 0.2) is 0 Å². The molecule has 3 fully saturated rings. The summed E-state index contributed by atoms with van der Waals surface area (Å²) >= 11 is 2.10. The Morgan fingerprint density at radius 3 is 2.70 bits per heavy atom. The van der Waals surface area contributed by atoms with E-state index in [1.807, 2.05) is 0 Å². The number of nitrogens with zero attached hydrogens (tertiary/aromatic N) is 1. The topological polar surface area (TPSA) is 15.3 Å². The molecular formula is C17H32N2S. The third-order valence-corrected chi connectivity index (χ3v) is 7.19. The molecule has 0 aromatic carbocycles. The first kappa shape index (κ1) is 15.2. The van der Waals surface area contributed by atoms with Crippen molar-refractivity contribution in [3.63, 3.8) is 0 Å². The van der Waals surface area contributed by atoms with Crippen LogP contribution in [0.1, 0.15) is 64.7 Å². The second-order valence-corrected chi connectivity index (χ2v) is 8.42. The van der Waals surface area contributed by atoms with Crippen LogP contribution in [0.25, 0.3) is 0 Å². The van der Waals surface area contributed by atoms with Gasteiger partial charge in [-0.2, -0.15) is 11.8 Å². The smallest absolute Gasteiger partial charge is 0.0309 e. The number of thioether (sulfide) groups is 1. The third kappa shape index (κ3) is 3.05. The average molecular weight is 297 g/mol. The number of rotatable bonds is 3. The van der Waals surface area contributed by atoms with Crippen LogP contribution in [0.2, 0.25) is 0 Å². The van der Waals surface area contributed by atoms with E-state index in [9.17, 15) is 0 Å². The van der Waals surface area contributed by atoms with E-state index >= 15 is 0 Å². The molecule has 2 aliphatic carbocycles. The molecule has 1 N–H and O–H groups in total. The Hall–Kier alpha value is 0.270. The van der Waals surface area contributed by atoms with Gasteiger partial charge in [0.15, 0.2) is 0 Å². The molecule has 3 aliphatic rings.